The van der Waals surface area contributed by atoms with Crippen LogP contribution in [0.15, 0.2) is 22.4 Å². The first-order chi connectivity index (χ1) is 17.2. The summed E-state index contributed by atoms with van der Waals surface area (Å²) in [4.78, 5) is 11.8. The fourth-order valence-electron chi connectivity index (χ4n) is 4.33. The number of hydrogen-bond donors (Lipinski definition) is 1. The van der Waals surface area contributed by atoms with E-state index in [-0.39, 0.29) is 60.3 Å². The van der Waals surface area contributed by atoms with E-state index < -0.39 is 23.8 Å². The molecule has 2 aliphatic rings. The molecule has 0 saturated carbocycles. The second-order valence-electron chi connectivity index (χ2n) is 9.34. The Morgan fingerprint density at radius 3 is 2.91 bits per heavy atom. The third kappa shape index (κ3) is 5.16. The number of ether oxygens (including phenoxy) is 2. The van der Waals surface area contributed by atoms with Gasteiger partial charge in [-0.15, -0.1) is 0 Å². The lowest BCUT2D eigenvalue weighted by atomic mass is 9.78. The van der Waals surface area contributed by atoms with E-state index in [4.69, 9.17) is 25.2 Å². The molecular formula is C23H28BrClF2N4O3. The first kappa shape index (κ1) is 21.7. The standard InChI is InChI=1S/C23H28BrClF2N4O3/c1-22(10-30(3)5-4-14(22)9-26)12-34-21-28-19-15(8-16(25)17(24)18(19)27)20(29-21)31-6-7-33-13-23(2,32)11-31/h8-9,32H,4-7,10-13H2,1-3H3/b14-9+/t22-,23-/m0/s1/i3D3. The number of fused-ring (bicyclic) bond motifs is 1. The molecule has 1 N–H and O–H groups in total. The Hall–Kier alpha value is -1.59. The van der Waals surface area contributed by atoms with Crippen molar-refractivity contribution in [2.45, 2.75) is 25.9 Å². The van der Waals surface area contributed by atoms with Gasteiger partial charge in [0.1, 0.15) is 23.5 Å². The number of piperidine rings is 1. The molecule has 0 spiro atoms. The van der Waals surface area contributed by atoms with Crippen molar-refractivity contribution in [3.8, 4) is 6.01 Å². The maximum Gasteiger partial charge on any atom is 0.319 e. The van der Waals surface area contributed by atoms with Crippen molar-refractivity contribution in [2.24, 2.45) is 5.41 Å². The van der Waals surface area contributed by atoms with Crippen LogP contribution in [0.5, 0.6) is 6.01 Å². The third-order valence-corrected chi connectivity index (χ3v) is 7.46. The summed E-state index contributed by atoms with van der Waals surface area (Å²) < 4.78 is 63.8. The predicted octanol–water partition coefficient (Wildman–Crippen LogP) is 4.35. The van der Waals surface area contributed by atoms with Crippen LogP contribution in [0.1, 0.15) is 24.4 Å². The highest BCUT2D eigenvalue weighted by molar-refractivity contribution is 9.10. The first-order valence-corrected chi connectivity index (χ1v) is 12.0. The summed E-state index contributed by atoms with van der Waals surface area (Å²) in [5.41, 5.74) is -1.82. The summed E-state index contributed by atoms with van der Waals surface area (Å²) in [5.74, 6) is -0.422. The van der Waals surface area contributed by atoms with Gasteiger partial charge >= 0.3 is 6.01 Å². The number of nitrogens with zero attached hydrogens (tertiary/aromatic N) is 4. The number of likely N-dealkylation sites (tertiary alicyclic amines) is 1. The fraction of sp³-hybridized carbons (Fsp3) is 0.565. The quantitative estimate of drug-likeness (QED) is 0.554. The molecule has 7 nitrogen and oxygen atoms in total. The van der Waals surface area contributed by atoms with Crippen molar-refractivity contribution >= 4 is 44.3 Å². The SMILES string of the molecule is [2H]C([2H])([2H])N1CC/C(=C\F)[C@](C)(COc2nc(N3CCOC[C@@](C)(O)C3)c3cc(Cl)c(Br)c(F)c3n2)C1. The average molecular weight is 565 g/mol. The van der Waals surface area contributed by atoms with E-state index in [1.807, 2.05) is 0 Å². The van der Waals surface area contributed by atoms with Crippen LogP contribution in [-0.2, 0) is 4.74 Å². The van der Waals surface area contributed by atoms with Crippen LogP contribution in [0, 0.1) is 11.2 Å². The van der Waals surface area contributed by atoms with Crippen LogP contribution in [-0.4, -0.2) is 78.6 Å². The summed E-state index contributed by atoms with van der Waals surface area (Å²) >= 11 is 9.38. The normalized spacial score (nSPS) is 29.6. The van der Waals surface area contributed by atoms with Gasteiger partial charge in [0.15, 0.2) is 5.82 Å². The minimum absolute atomic E-state index is 0.0265. The maximum atomic E-state index is 15.3. The van der Waals surface area contributed by atoms with Gasteiger partial charge in [0.05, 0.1) is 35.6 Å². The molecule has 2 saturated heterocycles. The Morgan fingerprint density at radius 2 is 2.18 bits per heavy atom. The Morgan fingerprint density at radius 1 is 1.38 bits per heavy atom. The van der Waals surface area contributed by atoms with Crippen LogP contribution in [0.2, 0.25) is 5.02 Å². The van der Waals surface area contributed by atoms with E-state index in [0.29, 0.717) is 36.3 Å². The lowest BCUT2D eigenvalue weighted by molar-refractivity contribution is -0.0123. The molecule has 2 fully saturated rings. The van der Waals surface area contributed by atoms with E-state index in [1.165, 1.54) is 11.0 Å². The van der Waals surface area contributed by atoms with Crippen LogP contribution in [0.4, 0.5) is 14.6 Å². The van der Waals surface area contributed by atoms with Crippen molar-refractivity contribution in [3.63, 3.8) is 0 Å². The number of hydrogen-bond acceptors (Lipinski definition) is 7. The van der Waals surface area contributed by atoms with Crippen molar-refractivity contribution in [1.82, 2.24) is 14.9 Å². The maximum absolute atomic E-state index is 15.3. The smallest absolute Gasteiger partial charge is 0.319 e. The molecule has 0 bridgehead atoms. The molecule has 3 heterocycles. The van der Waals surface area contributed by atoms with Gasteiger partial charge < -0.3 is 24.4 Å². The zero-order chi connectivity index (χ0) is 27.2. The molecule has 1 aromatic carbocycles. The van der Waals surface area contributed by atoms with E-state index in [2.05, 4.69) is 25.9 Å². The second kappa shape index (κ2) is 9.81. The van der Waals surface area contributed by atoms with Gasteiger partial charge in [-0.1, -0.05) is 18.5 Å². The van der Waals surface area contributed by atoms with Crippen molar-refractivity contribution < 1.29 is 27.5 Å². The molecular weight excluding hydrogens is 534 g/mol. The molecule has 11 heteroatoms. The summed E-state index contributed by atoms with van der Waals surface area (Å²) in [5, 5.41) is 11.1. The molecule has 0 aliphatic carbocycles. The zero-order valence-corrected chi connectivity index (χ0v) is 21.2. The van der Waals surface area contributed by atoms with Gasteiger partial charge in [0, 0.05) is 34.5 Å². The molecule has 2 atom stereocenters. The molecule has 0 radical (unpaired) electrons. The Balaban J connectivity index is 1.74. The number of aliphatic hydroxyl groups is 1. The Labute approximate surface area is 215 Å². The third-order valence-electron chi connectivity index (χ3n) is 6.15. The summed E-state index contributed by atoms with van der Waals surface area (Å²) in [6.07, 6.45) is 0.715. The van der Waals surface area contributed by atoms with Crippen molar-refractivity contribution in [1.29, 1.82) is 0 Å². The number of anilines is 1. The molecule has 34 heavy (non-hydrogen) atoms. The second-order valence-corrected chi connectivity index (χ2v) is 10.5. The van der Waals surface area contributed by atoms with Crippen LogP contribution >= 0.6 is 27.5 Å². The van der Waals surface area contributed by atoms with Gasteiger partial charge in [-0.3, -0.25) is 0 Å². The lowest BCUT2D eigenvalue weighted by Crippen LogP contribution is -2.44. The highest BCUT2D eigenvalue weighted by atomic mass is 79.9. The van der Waals surface area contributed by atoms with E-state index >= 15 is 4.39 Å². The number of benzene rings is 1. The lowest BCUT2D eigenvalue weighted by Gasteiger charge is -2.40. The first-order valence-electron chi connectivity index (χ1n) is 12.3. The number of rotatable bonds is 4. The van der Waals surface area contributed by atoms with Gasteiger partial charge in [-0.2, -0.15) is 9.97 Å². The van der Waals surface area contributed by atoms with Gasteiger partial charge in [0.25, 0.3) is 0 Å². The Bertz CT molecular complexity index is 1220. The molecule has 1 aromatic heterocycles. The average Bonchev–Trinajstić information content (AvgIpc) is 3.01. The summed E-state index contributed by atoms with van der Waals surface area (Å²) in [6, 6.07) is 1.36. The van der Waals surface area contributed by atoms with Crippen molar-refractivity contribution in [2.75, 3.05) is 57.9 Å². The zero-order valence-electron chi connectivity index (χ0n) is 21.9. The van der Waals surface area contributed by atoms with Crippen LogP contribution in [0.25, 0.3) is 10.9 Å². The fourth-order valence-corrected chi connectivity index (χ4v) is 4.83. The molecule has 4 rings (SSSR count). The number of β-amino-alcohol motifs (C(OH)–C–C–N with tert-alkyl or cyclic N) is 1. The van der Waals surface area contributed by atoms with Gasteiger partial charge in [0.2, 0.25) is 0 Å². The van der Waals surface area contributed by atoms with Gasteiger partial charge in [-0.05, 0) is 47.9 Å². The number of halogens is 4. The van der Waals surface area contributed by atoms with Crippen LogP contribution < -0.4 is 9.64 Å². The topological polar surface area (TPSA) is 71.0 Å². The van der Waals surface area contributed by atoms with E-state index in [0.717, 1.165) is 0 Å². The monoisotopic (exact) mass is 563 g/mol. The minimum atomic E-state index is -2.34. The van der Waals surface area contributed by atoms with E-state index in [1.54, 1.807) is 18.7 Å². The highest BCUT2D eigenvalue weighted by Crippen LogP contribution is 2.38. The predicted molar refractivity (Wildman–Crippen MR) is 131 cm³/mol. The number of aromatic nitrogens is 2. The molecule has 0 amide bonds. The largest absolute Gasteiger partial charge is 0.462 e. The molecule has 2 aromatic rings. The summed E-state index contributed by atoms with van der Waals surface area (Å²) in [7, 11) is 0. The highest BCUT2D eigenvalue weighted by Gasteiger charge is 2.36. The molecule has 0 unspecified atom stereocenters. The van der Waals surface area contributed by atoms with Crippen LogP contribution in [0.3, 0.4) is 0 Å². The molecule has 2 aliphatic heterocycles. The van der Waals surface area contributed by atoms with Crippen molar-refractivity contribution in [3.05, 3.63) is 33.3 Å². The minimum Gasteiger partial charge on any atom is -0.462 e. The molecule has 186 valence electrons. The Kier molecular flexibility index (Phi) is 6.25. The van der Waals surface area contributed by atoms with Gasteiger partial charge in [-0.25, -0.2) is 8.78 Å². The van der Waals surface area contributed by atoms with E-state index in [9.17, 15) is 9.50 Å². The summed E-state index contributed by atoms with van der Waals surface area (Å²) in [6.45, 7) is 2.00.